The summed E-state index contributed by atoms with van der Waals surface area (Å²) in [6, 6.07) is 25.4. The molecular formula is C32H31N3O4. The van der Waals surface area contributed by atoms with Crippen LogP contribution in [0.25, 0.3) is 11.1 Å². The van der Waals surface area contributed by atoms with Crippen molar-refractivity contribution < 1.29 is 19.5 Å². The Kier molecular flexibility index (Phi) is 8.20. The molecule has 198 valence electrons. The number of pyridine rings is 1. The summed E-state index contributed by atoms with van der Waals surface area (Å²) in [6.45, 7) is 5.85. The van der Waals surface area contributed by atoms with Crippen LogP contribution in [0.3, 0.4) is 0 Å². The minimum Gasteiger partial charge on any atom is -0.481 e. The average molecular weight is 522 g/mol. The van der Waals surface area contributed by atoms with Crippen LogP contribution in [-0.2, 0) is 21.4 Å². The van der Waals surface area contributed by atoms with Crippen molar-refractivity contribution in [2.75, 3.05) is 10.6 Å². The third-order valence-electron chi connectivity index (χ3n) is 7.03. The number of nitrogens with one attached hydrogen (secondary N) is 2. The molecule has 7 nitrogen and oxygen atoms in total. The quantitative estimate of drug-likeness (QED) is 0.219. The number of aromatic nitrogens is 1. The molecule has 1 atom stereocenters. The Morgan fingerprint density at radius 2 is 1.59 bits per heavy atom. The van der Waals surface area contributed by atoms with Crippen LogP contribution in [0.2, 0.25) is 0 Å². The molecular weight excluding hydrogens is 490 g/mol. The molecule has 0 saturated carbocycles. The lowest BCUT2D eigenvalue weighted by Gasteiger charge is -2.28. The van der Waals surface area contributed by atoms with Crippen LogP contribution in [0, 0.1) is 20.8 Å². The van der Waals surface area contributed by atoms with Crippen molar-refractivity contribution in [2.45, 2.75) is 39.0 Å². The molecule has 4 aromatic rings. The number of aryl methyl sites for hydroxylation is 3. The first-order chi connectivity index (χ1) is 18.7. The largest absolute Gasteiger partial charge is 0.481 e. The fourth-order valence-corrected chi connectivity index (χ4v) is 4.67. The van der Waals surface area contributed by atoms with Crippen LogP contribution >= 0.6 is 0 Å². The fourth-order valence-electron chi connectivity index (χ4n) is 4.67. The first-order valence-corrected chi connectivity index (χ1v) is 12.7. The van der Waals surface area contributed by atoms with Crippen LogP contribution in [0.1, 0.15) is 34.4 Å². The summed E-state index contributed by atoms with van der Waals surface area (Å²) in [7, 11) is 0. The molecule has 39 heavy (non-hydrogen) atoms. The van der Waals surface area contributed by atoms with Gasteiger partial charge in [-0.1, -0.05) is 60.7 Å². The number of carboxylic acid groups (broad SMARTS) is 1. The lowest BCUT2D eigenvalue weighted by atomic mass is 9.73. The van der Waals surface area contributed by atoms with Crippen molar-refractivity contribution in [3.8, 4) is 11.1 Å². The highest BCUT2D eigenvalue weighted by molar-refractivity contribution is 5.99. The Balaban J connectivity index is 1.53. The standard InChI is InChI=1S/C32H31N3O4/c1-21-9-14-27(19-22(21)2)34-31(39)35-29-16-15-28(23(3)33-29)25-10-12-26(13-11-25)32(17-18-36,30(37)38)20-24-7-5-4-6-8-24/h4-16,18-19H,17,20H2,1-3H3,(H,37,38)(H2,33,34,35,39). The SMILES string of the molecule is Cc1ccc(NC(=O)Nc2ccc(-c3ccc(C(CC=O)(Cc4ccccc4)C(=O)O)cc3)c(C)n2)cc1C. The van der Waals surface area contributed by atoms with Gasteiger partial charge >= 0.3 is 12.0 Å². The third kappa shape index (κ3) is 6.21. The predicted molar refractivity (Wildman–Crippen MR) is 153 cm³/mol. The van der Waals surface area contributed by atoms with Gasteiger partial charge in [-0.15, -0.1) is 0 Å². The molecule has 1 heterocycles. The maximum atomic E-state index is 12.5. The van der Waals surface area contributed by atoms with E-state index in [1.54, 1.807) is 18.2 Å². The zero-order valence-corrected chi connectivity index (χ0v) is 22.2. The summed E-state index contributed by atoms with van der Waals surface area (Å²) < 4.78 is 0. The second-order valence-corrected chi connectivity index (χ2v) is 9.71. The van der Waals surface area contributed by atoms with Gasteiger partial charge in [0.05, 0.1) is 0 Å². The third-order valence-corrected chi connectivity index (χ3v) is 7.03. The molecule has 0 radical (unpaired) electrons. The van der Waals surface area contributed by atoms with Crippen molar-refractivity contribution in [2.24, 2.45) is 0 Å². The van der Waals surface area contributed by atoms with E-state index in [-0.39, 0.29) is 18.9 Å². The van der Waals surface area contributed by atoms with Gasteiger partial charge < -0.3 is 15.2 Å². The molecule has 0 spiro atoms. The van der Waals surface area contributed by atoms with Crippen molar-refractivity contribution in [1.29, 1.82) is 0 Å². The van der Waals surface area contributed by atoms with E-state index in [9.17, 15) is 19.5 Å². The van der Waals surface area contributed by atoms with E-state index in [1.165, 1.54) is 0 Å². The van der Waals surface area contributed by atoms with Crippen LogP contribution in [-0.4, -0.2) is 28.4 Å². The number of hydrogen-bond donors (Lipinski definition) is 3. The number of carbonyl (C=O) groups is 3. The summed E-state index contributed by atoms with van der Waals surface area (Å²) in [5.74, 6) is -0.633. The molecule has 2 amide bonds. The van der Waals surface area contributed by atoms with Gasteiger partial charge in [-0.05, 0) is 79.3 Å². The average Bonchev–Trinajstić information content (AvgIpc) is 2.91. The Bertz CT molecular complexity index is 1500. The van der Waals surface area contributed by atoms with Gasteiger partial charge in [0.2, 0.25) is 0 Å². The summed E-state index contributed by atoms with van der Waals surface area (Å²) in [5, 5.41) is 15.8. The molecule has 4 rings (SSSR count). The summed E-state index contributed by atoms with van der Waals surface area (Å²) in [4.78, 5) is 41.1. The van der Waals surface area contributed by atoms with Gasteiger partial charge in [0.25, 0.3) is 0 Å². The smallest absolute Gasteiger partial charge is 0.324 e. The maximum Gasteiger partial charge on any atom is 0.324 e. The number of carboxylic acids is 1. The molecule has 0 aliphatic carbocycles. The predicted octanol–water partition coefficient (Wildman–Crippen LogP) is 6.47. The van der Waals surface area contributed by atoms with Gasteiger partial charge in [-0.2, -0.15) is 0 Å². The van der Waals surface area contributed by atoms with Crippen LogP contribution in [0.15, 0.2) is 84.9 Å². The van der Waals surface area contributed by atoms with Crippen LogP contribution in [0.4, 0.5) is 16.3 Å². The number of carbonyl (C=O) groups excluding carboxylic acids is 2. The van der Waals surface area contributed by atoms with Crippen molar-refractivity contribution >= 4 is 29.8 Å². The number of aliphatic carboxylic acids is 1. The van der Waals surface area contributed by atoms with E-state index in [0.717, 1.165) is 27.8 Å². The lowest BCUT2D eigenvalue weighted by molar-refractivity contribution is -0.145. The number of benzene rings is 3. The van der Waals surface area contributed by atoms with Crippen molar-refractivity contribution in [3.05, 3.63) is 113 Å². The van der Waals surface area contributed by atoms with E-state index in [4.69, 9.17) is 0 Å². The molecule has 1 unspecified atom stereocenters. The first-order valence-electron chi connectivity index (χ1n) is 12.7. The second-order valence-electron chi connectivity index (χ2n) is 9.71. The molecule has 0 aliphatic heterocycles. The summed E-state index contributed by atoms with van der Waals surface area (Å²) >= 11 is 0. The number of urea groups is 1. The van der Waals surface area contributed by atoms with E-state index in [1.807, 2.05) is 87.5 Å². The second kappa shape index (κ2) is 11.7. The van der Waals surface area contributed by atoms with E-state index < -0.39 is 11.4 Å². The molecule has 0 saturated heterocycles. The number of aldehydes is 1. The molecule has 3 N–H and O–H groups in total. The molecule has 0 bridgehead atoms. The highest BCUT2D eigenvalue weighted by atomic mass is 16.4. The van der Waals surface area contributed by atoms with Gasteiger partial charge in [-0.3, -0.25) is 10.1 Å². The van der Waals surface area contributed by atoms with E-state index in [2.05, 4.69) is 15.6 Å². The van der Waals surface area contributed by atoms with Crippen LogP contribution < -0.4 is 10.6 Å². The summed E-state index contributed by atoms with van der Waals surface area (Å²) in [6.07, 6.45) is 0.731. The molecule has 0 aliphatic rings. The first kappa shape index (κ1) is 27.3. The molecule has 0 fully saturated rings. The minimum atomic E-state index is -1.37. The van der Waals surface area contributed by atoms with Gasteiger partial charge in [0.1, 0.15) is 17.5 Å². The van der Waals surface area contributed by atoms with Crippen LogP contribution in [0.5, 0.6) is 0 Å². The Morgan fingerprint density at radius 1 is 0.872 bits per heavy atom. The molecule has 1 aromatic heterocycles. The highest BCUT2D eigenvalue weighted by Gasteiger charge is 2.40. The van der Waals surface area contributed by atoms with Crippen molar-refractivity contribution in [1.82, 2.24) is 4.98 Å². The number of nitrogens with zero attached hydrogens (tertiary/aromatic N) is 1. The van der Waals surface area contributed by atoms with Gasteiger partial charge in [-0.25, -0.2) is 9.78 Å². The van der Waals surface area contributed by atoms with E-state index in [0.29, 0.717) is 29.0 Å². The normalized spacial score (nSPS) is 12.3. The van der Waals surface area contributed by atoms with Gasteiger partial charge in [0.15, 0.2) is 0 Å². The number of hydrogen-bond acceptors (Lipinski definition) is 4. The zero-order valence-electron chi connectivity index (χ0n) is 22.2. The maximum absolute atomic E-state index is 12.5. The van der Waals surface area contributed by atoms with Crippen molar-refractivity contribution in [3.63, 3.8) is 0 Å². The minimum absolute atomic E-state index is 0.137. The van der Waals surface area contributed by atoms with E-state index >= 15 is 0 Å². The Labute approximate surface area is 227 Å². The number of rotatable bonds is 9. The molecule has 7 heteroatoms. The Hall–Kier alpha value is -4.78. The van der Waals surface area contributed by atoms with Gasteiger partial charge in [0, 0.05) is 23.4 Å². The lowest BCUT2D eigenvalue weighted by Crippen LogP contribution is -2.38. The molecule has 3 aromatic carbocycles. The zero-order chi connectivity index (χ0) is 28.0. The Morgan fingerprint density at radius 3 is 2.21 bits per heavy atom. The number of anilines is 2. The fraction of sp³-hybridized carbons (Fsp3) is 0.188. The monoisotopic (exact) mass is 521 g/mol. The number of amides is 2. The highest BCUT2D eigenvalue weighted by Crippen LogP contribution is 2.34. The topological polar surface area (TPSA) is 108 Å². The summed E-state index contributed by atoms with van der Waals surface area (Å²) in [5.41, 5.74) is 5.36.